The molecule has 0 saturated carbocycles. The van der Waals surface area contributed by atoms with Crippen LogP contribution in [0.1, 0.15) is 58.8 Å². The van der Waals surface area contributed by atoms with Gasteiger partial charge in [0.25, 0.3) is 0 Å². The second-order valence-corrected chi connectivity index (χ2v) is 10.6. The van der Waals surface area contributed by atoms with Crippen LogP contribution in [0.25, 0.3) is 0 Å². The molecule has 0 heterocycles. The van der Waals surface area contributed by atoms with Crippen molar-refractivity contribution in [2.75, 3.05) is 39.6 Å². The summed E-state index contributed by atoms with van der Waals surface area (Å²) in [7, 11) is 0. The van der Waals surface area contributed by atoms with Gasteiger partial charge in [-0.05, 0) is 64.1 Å². The second-order valence-electron chi connectivity index (χ2n) is 10.6. The number of para-hydroxylation sites is 3. The molecule has 3 aromatic carbocycles. The van der Waals surface area contributed by atoms with Crippen LogP contribution in [0.2, 0.25) is 0 Å². The monoisotopic (exact) mass is 744 g/mol. The van der Waals surface area contributed by atoms with E-state index in [1.54, 1.807) is 39.0 Å². The molecule has 18 heteroatoms. The SMILES string of the molecule is CCOc1ccccc1C(=O)OOC(=O)OCC(C)(COC(=O)OOC(=O)c1ccccc1OCC)COC(=O)OOC(=O)c1ccccc1OCC. The van der Waals surface area contributed by atoms with Crippen LogP contribution in [0.15, 0.2) is 72.8 Å². The largest absolute Gasteiger partial charge is 0.549 e. The molecule has 0 aliphatic rings. The second kappa shape index (κ2) is 20.8. The maximum Gasteiger partial charge on any atom is 0.549 e. The fraction of sp³-hybridized carbons (Fsp3) is 0.314. The molecule has 0 fully saturated rings. The third kappa shape index (κ3) is 13.2. The average Bonchev–Trinajstić information content (AvgIpc) is 3.16. The van der Waals surface area contributed by atoms with E-state index in [1.165, 1.54) is 61.5 Å². The van der Waals surface area contributed by atoms with Crippen molar-refractivity contribution in [1.29, 1.82) is 0 Å². The molecule has 18 nitrogen and oxygen atoms in total. The highest BCUT2D eigenvalue weighted by atomic mass is 17.2. The third-order valence-corrected chi connectivity index (χ3v) is 6.39. The lowest BCUT2D eigenvalue weighted by molar-refractivity contribution is -0.216. The highest BCUT2D eigenvalue weighted by Gasteiger charge is 2.33. The first-order valence-corrected chi connectivity index (χ1v) is 15.8. The molecule has 3 aromatic rings. The zero-order chi connectivity index (χ0) is 38.6. The first-order chi connectivity index (χ1) is 25.5. The predicted molar refractivity (Wildman–Crippen MR) is 174 cm³/mol. The molecule has 284 valence electrons. The number of benzene rings is 3. The molecule has 0 radical (unpaired) electrons. The zero-order valence-corrected chi connectivity index (χ0v) is 29.0. The number of ether oxygens (including phenoxy) is 6. The number of carbonyl (C=O) groups is 6. The summed E-state index contributed by atoms with van der Waals surface area (Å²) in [5.41, 5.74) is -1.75. The van der Waals surface area contributed by atoms with Crippen LogP contribution in [-0.4, -0.2) is 76.0 Å². The Labute approximate surface area is 302 Å². The summed E-state index contributed by atoms with van der Waals surface area (Å²) < 4.78 is 31.0. The summed E-state index contributed by atoms with van der Waals surface area (Å²) in [5, 5.41) is 0. The molecule has 0 aliphatic carbocycles. The van der Waals surface area contributed by atoms with Crippen LogP contribution in [0.3, 0.4) is 0 Å². The van der Waals surface area contributed by atoms with Gasteiger partial charge in [0.05, 0.1) is 25.2 Å². The van der Waals surface area contributed by atoms with Gasteiger partial charge in [-0.15, -0.1) is 0 Å². The Morgan fingerprint density at radius 3 is 0.962 bits per heavy atom. The smallest absolute Gasteiger partial charge is 0.493 e. The molecule has 0 unspecified atom stereocenters. The minimum atomic E-state index is -1.61. The van der Waals surface area contributed by atoms with Crippen molar-refractivity contribution in [3.63, 3.8) is 0 Å². The Kier molecular flexibility index (Phi) is 16.0. The lowest BCUT2D eigenvalue weighted by Gasteiger charge is -2.26. The normalized spacial score (nSPS) is 10.4. The number of hydrogen-bond acceptors (Lipinski definition) is 18. The van der Waals surface area contributed by atoms with E-state index in [4.69, 9.17) is 28.4 Å². The van der Waals surface area contributed by atoms with Crippen LogP contribution >= 0.6 is 0 Å². The van der Waals surface area contributed by atoms with E-state index >= 15 is 0 Å². The quantitative estimate of drug-likeness (QED) is 0.0759. The number of carbonyl (C=O) groups excluding carboxylic acids is 6. The van der Waals surface area contributed by atoms with Gasteiger partial charge in [0.15, 0.2) is 0 Å². The van der Waals surface area contributed by atoms with Gasteiger partial charge in [0.1, 0.15) is 53.8 Å². The van der Waals surface area contributed by atoms with Gasteiger partial charge in [0, 0.05) is 0 Å². The van der Waals surface area contributed by atoms with Gasteiger partial charge in [-0.2, -0.15) is 14.4 Å². The van der Waals surface area contributed by atoms with Gasteiger partial charge in [-0.25, -0.2) is 43.7 Å². The van der Waals surface area contributed by atoms with Crippen molar-refractivity contribution >= 4 is 36.4 Å². The van der Waals surface area contributed by atoms with Gasteiger partial charge in [-0.1, -0.05) is 36.4 Å². The molecule has 0 N–H and O–H groups in total. The Morgan fingerprint density at radius 2 is 0.698 bits per heavy atom. The maximum atomic E-state index is 12.4. The van der Waals surface area contributed by atoms with Crippen molar-refractivity contribution in [2.45, 2.75) is 27.7 Å². The summed E-state index contributed by atoms with van der Waals surface area (Å²) in [6, 6.07) is 18.0. The maximum absolute atomic E-state index is 12.4. The van der Waals surface area contributed by atoms with Crippen molar-refractivity contribution in [1.82, 2.24) is 0 Å². The Hall–Kier alpha value is -6.72. The molecule has 53 heavy (non-hydrogen) atoms. The van der Waals surface area contributed by atoms with E-state index in [9.17, 15) is 28.8 Å². The first kappa shape index (κ1) is 40.7. The van der Waals surface area contributed by atoms with Crippen molar-refractivity contribution in [2.24, 2.45) is 5.41 Å². The molecule has 0 saturated heterocycles. The van der Waals surface area contributed by atoms with E-state index in [0.717, 1.165) is 0 Å². The van der Waals surface area contributed by atoms with Crippen LogP contribution in [0.4, 0.5) is 14.4 Å². The molecule has 0 aromatic heterocycles. The van der Waals surface area contributed by atoms with E-state index in [2.05, 4.69) is 29.3 Å². The molecule has 0 atom stereocenters. The molecule has 0 bridgehead atoms. The summed E-state index contributed by atoms with van der Waals surface area (Å²) in [6.45, 7) is 4.97. The van der Waals surface area contributed by atoms with Crippen LogP contribution in [-0.2, 0) is 43.5 Å². The number of hydrogen-bond donors (Lipinski definition) is 0. The van der Waals surface area contributed by atoms with E-state index in [1.807, 2.05) is 0 Å². The molecule has 0 spiro atoms. The van der Waals surface area contributed by atoms with Gasteiger partial charge in [-0.3, -0.25) is 0 Å². The summed E-state index contributed by atoms with van der Waals surface area (Å²) >= 11 is 0. The summed E-state index contributed by atoms with van der Waals surface area (Å²) in [5.74, 6) is -2.73. The fourth-order valence-corrected chi connectivity index (χ4v) is 4.00. The molecular weight excluding hydrogens is 708 g/mol. The lowest BCUT2D eigenvalue weighted by atomic mass is 9.94. The highest BCUT2D eigenvalue weighted by molar-refractivity contribution is 5.93. The third-order valence-electron chi connectivity index (χ3n) is 6.39. The van der Waals surface area contributed by atoms with Crippen LogP contribution in [0, 0.1) is 5.41 Å². The molecule has 3 rings (SSSR count). The average molecular weight is 745 g/mol. The predicted octanol–water partition coefficient (Wildman–Crippen LogP) is 5.96. The topological polar surface area (TPSA) is 213 Å². The van der Waals surface area contributed by atoms with E-state index < -0.39 is 61.6 Å². The first-order valence-electron chi connectivity index (χ1n) is 15.8. The fourth-order valence-electron chi connectivity index (χ4n) is 4.00. The van der Waals surface area contributed by atoms with Gasteiger partial charge < -0.3 is 28.4 Å². The minimum Gasteiger partial charge on any atom is -0.493 e. The standard InChI is InChI=1S/C35H36O18/c1-5-42-26-17-11-8-14-23(26)29(36)48-51-32(39)45-20-35(4,21-46-33(40)52-49-30(37)24-15-9-12-18-27(24)43-6-2)22-47-34(41)53-50-31(38)25-16-10-13-19-28(25)44-7-3/h8-19H,5-7,20-22H2,1-4H3. The molecule has 0 aliphatic heterocycles. The van der Waals surface area contributed by atoms with Crippen LogP contribution < -0.4 is 14.2 Å². The van der Waals surface area contributed by atoms with Crippen molar-refractivity contribution < 1.29 is 86.5 Å². The summed E-state index contributed by atoms with van der Waals surface area (Å²) in [4.78, 5) is 101. The lowest BCUT2D eigenvalue weighted by Crippen LogP contribution is -2.37. The van der Waals surface area contributed by atoms with Crippen LogP contribution in [0.5, 0.6) is 17.2 Å². The minimum absolute atomic E-state index is 0.0463. The zero-order valence-electron chi connectivity index (χ0n) is 29.0. The van der Waals surface area contributed by atoms with Crippen molar-refractivity contribution in [3.8, 4) is 17.2 Å². The van der Waals surface area contributed by atoms with Crippen molar-refractivity contribution in [3.05, 3.63) is 89.5 Å². The van der Waals surface area contributed by atoms with Gasteiger partial charge >= 0.3 is 36.4 Å². The Bertz CT molecular complexity index is 1520. The molecular formula is C35H36O18. The van der Waals surface area contributed by atoms with E-state index in [0.29, 0.717) is 0 Å². The Balaban J connectivity index is 1.60. The number of rotatable bonds is 15. The Morgan fingerprint density at radius 1 is 0.434 bits per heavy atom. The molecule has 0 amide bonds. The van der Waals surface area contributed by atoms with Gasteiger partial charge in [0.2, 0.25) is 0 Å². The summed E-state index contributed by atoms with van der Waals surface area (Å²) in [6.07, 6.45) is -4.56. The van der Waals surface area contributed by atoms with E-state index in [-0.39, 0.29) is 53.8 Å². The highest BCUT2D eigenvalue weighted by Crippen LogP contribution is 2.23.